The summed E-state index contributed by atoms with van der Waals surface area (Å²) in [6.07, 6.45) is 1.59. The lowest BCUT2D eigenvalue weighted by Gasteiger charge is -2.18. The van der Waals surface area contributed by atoms with Crippen LogP contribution in [-0.4, -0.2) is 41.1 Å². The van der Waals surface area contributed by atoms with Crippen molar-refractivity contribution in [3.05, 3.63) is 42.0 Å². The number of benzene rings is 1. The molecular weight excluding hydrogens is 276 g/mol. The van der Waals surface area contributed by atoms with Crippen LogP contribution < -0.4 is 9.80 Å². The molecule has 0 bridgehead atoms. The molecule has 0 atom stereocenters. The van der Waals surface area contributed by atoms with Crippen molar-refractivity contribution in [3.63, 3.8) is 0 Å². The van der Waals surface area contributed by atoms with Gasteiger partial charge in [0.05, 0.1) is 17.6 Å². The number of imidazole rings is 1. The van der Waals surface area contributed by atoms with E-state index in [-0.39, 0.29) is 0 Å². The Morgan fingerprint density at radius 3 is 2.59 bits per heavy atom. The molecular formula is C16H20N6. The average molecular weight is 296 g/mol. The number of H-pyrrole nitrogens is 1. The number of aryl methyl sites for hydroxylation is 1. The third-order valence-corrected chi connectivity index (χ3v) is 3.56. The lowest BCUT2D eigenvalue weighted by Crippen LogP contribution is -2.20. The maximum Gasteiger partial charge on any atom is 0.134 e. The smallest absolute Gasteiger partial charge is 0.134 e. The first-order chi connectivity index (χ1) is 10.5. The molecule has 0 amide bonds. The van der Waals surface area contributed by atoms with E-state index in [9.17, 15) is 0 Å². The van der Waals surface area contributed by atoms with E-state index in [0.717, 1.165) is 28.5 Å². The molecule has 0 radical (unpaired) electrons. The number of nitrogens with zero attached hydrogens (tertiary/aromatic N) is 5. The van der Waals surface area contributed by atoms with Gasteiger partial charge in [-0.05, 0) is 24.6 Å². The highest BCUT2D eigenvalue weighted by Gasteiger charge is 2.09. The molecule has 0 aliphatic heterocycles. The molecule has 1 N–H and O–H groups in total. The number of nitrogens with one attached hydrogen (secondary N) is 1. The minimum atomic E-state index is 0.664. The zero-order valence-electron chi connectivity index (χ0n) is 13.3. The molecule has 0 saturated heterocycles. The highest BCUT2D eigenvalue weighted by molar-refractivity contribution is 5.75. The molecule has 2 aromatic heterocycles. The predicted molar refractivity (Wildman–Crippen MR) is 89.3 cm³/mol. The van der Waals surface area contributed by atoms with Crippen LogP contribution in [0.3, 0.4) is 0 Å². The van der Waals surface area contributed by atoms with E-state index < -0.39 is 0 Å². The molecule has 22 heavy (non-hydrogen) atoms. The van der Waals surface area contributed by atoms with Crippen molar-refractivity contribution in [3.8, 4) is 0 Å². The van der Waals surface area contributed by atoms with Crippen LogP contribution in [0.25, 0.3) is 11.0 Å². The monoisotopic (exact) mass is 296 g/mol. The maximum atomic E-state index is 4.63. The van der Waals surface area contributed by atoms with Crippen LogP contribution in [-0.2, 0) is 6.54 Å². The highest BCUT2D eigenvalue weighted by Crippen LogP contribution is 2.18. The minimum Gasteiger partial charge on any atom is -0.363 e. The fourth-order valence-corrected chi connectivity index (χ4v) is 2.35. The van der Waals surface area contributed by atoms with E-state index in [2.05, 4.69) is 43.9 Å². The third kappa shape index (κ3) is 2.86. The Labute approximate surface area is 129 Å². The number of aromatic amines is 1. The van der Waals surface area contributed by atoms with Crippen molar-refractivity contribution in [2.24, 2.45) is 0 Å². The largest absolute Gasteiger partial charge is 0.363 e. The summed E-state index contributed by atoms with van der Waals surface area (Å²) in [6.45, 7) is 2.74. The van der Waals surface area contributed by atoms with Gasteiger partial charge in [-0.25, -0.2) is 15.0 Å². The van der Waals surface area contributed by atoms with Crippen LogP contribution in [0.5, 0.6) is 0 Å². The number of fused-ring (bicyclic) bond motifs is 1. The lowest BCUT2D eigenvalue weighted by molar-refractivity contribution is 0.841. The van der Waals surface area contributed by atoms with Crippen molar-refractivity contribution < 1.29 is 0 Å². The van der Waals surface area contributed by atoms with E-state index in [1.165, 1.54) is 5.56 Å². The molecule has 6 heteroatoms. The Morgan fingerprint density at radius 2 is 1.82 bits per heavy atom. The summed E-state index contributed by atoms with van der Waals surface area (Å²) in [7, 11) is 5.93. The third-order valence-electron chi connectivity index (χ3n) is 3.56. The number of hydrogen-bond acceptors (Lipinski definition) is 5. The van der Waals surface area contributed by atoms with Crippen LogP contribution in [0.1, 0.15) is 11.4 Å². The molecule has 0 saturated carbocycles. The van der Waals surface area contributed by atoms with E-state index in [1.807, 2.05) is 38.2 Å². The van der Waals surface area contributed by atoms with Crippen molar-refractivity contribution in [2.75, 3.05) is 30.9 Å². The number of hydrogen-bond donors (Lipinski definition) is 1. The van der Waals surface area contributed by atoms with Gasteiger partial charge in [0.2, 0.25) is 0 Å². The Bertz CT molecular complexity index is 792. The fourth-order valence-electron chi connectivity index (χ4n) is 2.35. The van der Waals surface area contributed by atoms with Crippen LogP contribution in [0.15, 0.2) is 30.6 Å². The second-order valence-electron chi connectivity index (χ2n) is 5.69. The molecule has 0 unspecified atom stereocenters. The first kappa shape index (κ1) is 14.3. The van der Waals surface area contributed by atoms with Gasteiger partial charge in [0.15, 0.2) is 0 Å². The number of aromatic nitrogens is 4. The molecule has 3 rings (SSSR count). The second kappa shape index (κ2) is 5.63. The van der Waals surface area contributed by atoms with Crippen molar-refractivity contribution in [1.29, 1.82) is 0 Å². The average Bonchev–Trinajstić information content (AvgIpc) is 2.88. The first-order valence-corrected chi connectivity index (χ1v) is 7.18. The molecule has 0 fully saturated rings. The molecule has 3 aromatic rings. The lowest BCUT2D eigenvalue weighted by atomic mass is 10.2. The fraction of sp³-hybridized carbons (Fsp3) is 0.312. The Kier molecular flexibility index (Phi) is 3.66. The summed E-state index contributed by atoms with van der Waals surface area (Å²) in [5.41, 5.74) is 3.29. The summed E-state index contributed by atoms with van der Waals surface area (Å²) in [5, 5.41) is 0. The molecule has 0 aliphatic carbocycles. The van der Waals surface area contributed by atoms with Crippen LogP contribution >= 0.6 is 0 Å². The van der Waals surface area contributed by atoms with Gasteiger partial charge in [-0.1, -0.05) is 6.07 Å². The van der Waals surface area contributed by atoms with Crippen LogP contribution in [0, 0.1) is 6.92 Å². The normalized spacial score (nSPS) is 10.9. The molecule has 114 valence electrons. The van der Waals surface area contributed by atoms with Gasteiger partial charge in [0, 0.05) is 27.2 Å². The van der Waals surface area contributed by atoms with E-state index in [0.29, 0.717) is 6.54 Å². The van der Waals surface area contributed by atoms with Crippen LogP contribution in [0.2, 0.25) is 0 Å². The van der Waals surface area contributed by atoms with E-state index in [4.69, 9.17) is 0 Å². The summed E-state index contributed by atoms with van der Waals surface area (Å²) in [5.74, 6) is 2.68. The molecule has 0 aliphatic rings. The predicted octanol–water partition coefficient (Wildman–Crippen LogP) is 2.36. The summed E-state index contributed by atoms with van der Waals surface area (Å²) >= 11 is 0. The zero-order valence-corrected chi connectivity index (χ0v) is 13.3. The Morgan fingerprint density at radius 1 is 1.05 bits per heavy atom. The van der Waals surface area contributed by atoms with Gasteiger partial charge >= 0.3 is 0 Å². The molecule has 2 heterocycles. The highest BCUT2D eigenvalue weighted by atomic mass is 15.2. The molecule has 6 nitrogen and oxygen atoms in total. The maximum absolute atomic E-state index is 4.63. The van der Waals surface area contributed by atoms with Crippen molar-refractivity contribution in [2.45, 2.75) is 13.5 Å². The minimum absolute atomic E-state index is 0.664. The van der Waals surface area contributed by atoms with Gasteiger partial charge in [0.1, 0.15) is 23.8 Å². The molecule has 0 spiro atoms. The van der Waals surface area contributed by atoms with Gasteiger partial charge in [-0.2, -0.15) is 0 Å². The van der Waals surface area contributed by atoms with Gasteiger partial charge in [-0.15, -0.1) is 0 Å². The van der Waals surface area contributed by atoms with E-state index in [1.54, 1.807) is 6.33 Å². The standard InChI is InChI=1S/C16H20N6/c1-11-5-6-12-13(7-11)20-14(19-12)9-22(4)16-8-15(21(2)3)17-10-18-16/h5-8,10H,9H2,1-4H3,(H,19,20). The zero-order chi connectivity index (χ0) is 15.7. The SMILES string of the molecule is Cc1ccc2nc(CN(C)c3cc(N(C)C)ncn3)[nH]c2c1. The van der Waals surface area contributed by atoms with Gasteiger partial charge in [-0.3, -0.25) is 0 Å². The van der Waals surface area contributed by atoms with Gasteiger partial charge < -0.3 is 14.8 Å². The molecule has 1 aromatic carbocycles. The van der Waals surface area contributed by atoms with Gasteiger partial charge in [0.25, 0.3) is 0 Å². The van der Waals surface area contributed by atoms with E-state index >= 15 is 0 Å². The summed E-state index contributed by atoms with van der Waals surface area (Å²) < 4.78 is 0. The number of anilines is 2. The topological polar surface area (TPSA) is 60.9 Å². The van der Waals surface area contributed by atoms with Crippen molar-refractivity contribution in [1.82, 2.24) is 19.9 Å². The Hall–Kier alpha value is -2.63. The second-order valence-corrected chi connectivity index (χ2v) is 5.69. The number of rotatable bonds is 4. The quantitative estimate of drug-likeness (QED) is 0.801. The summed E-state index contributed by atoms with van der Waals surface area (Å²) in [4.78, 5) is 20.6. The summed E-state index contributed by atoms with van der Waals surface area (Å²) in [6, 6.07) is 8.19. The van der Waals surface area contributed by atoms with Crippen LogP contribution in [0.4, 0.5) is 11.6 Å². The Balaban J connectivity index is 1.83. The van der Waals surface area contributed by atoms with Crippen molar-refractivity contribution >= 4 is 22.7 Å². The first-order valence-electron chi connectivity index (χ1n) is 7.18.